The molecule has 1 heterocycles. The van der Waals surface area contributed by atoms with E-state index in [4.69, 9.17) is 5.11 Å². The van der Waals surface area contributed by atoms with Gasteiger partial charge in [0.25, 0.3) is 0 Å². The summed E-state index contributed by atoms with van der Waals surface area (Å²) in [7, 11) is 0. The van der Waals surface area contributed by atoms with Crippen molar-refractivity contribution >= 4 is 12.0 Å². The summed E-state index contributed by atoms with van der Waals surface area (Å²) in [6.07, 6.45) is 1.90. The molecule has 0 unspecified atom stereocenters. The van der Waals surface area contributed by atoms with Gasteiger partial charge in [0.15, 0.2) is 0 Å². The number of carbonyl (C=O) groups is 2. The second-order valence-electron chi connectivity index (χ2n) is 5.95. The molecule has 0 aromatic heterocycles. The number of likely N-dealkylation sites (tertiary alicyclic amines) is 1. The van der Waals surface area contributed by atoms with Crippen LogP contribution in [0.15, 0.2) is 18.2 Å². The summed E-state index contributed by atoms with van der Waals surface area (Å²) in [5.74, 6) is -1.06. The summed E-state index contributed by atoms with van der Waals surface area (Å²) in [5.41, 5.74) is 3.78. The van der Waals surface area contributed by atoms with Crippen LogP contribution in [0.2, 0.25) is 0 Å². The van der Waals surface area contributed by atoms with Crippen molar-refractivity contribution in [2.24, 2.45) is 5.92 Å². The van der Waals surface area contributed by atoms with Crippen molar-refractivity contribution in [1.29, 1.82) is 0 Å². The zero-order valence-electron chi connectivity index (χ0n) is 13.3. The Balaban J connectivity index is 1.78. The minimum absolute atomic E-state index is 0.0879. The Bertz CT molecular complexity index is 529. The van der Waals surface area contributed by atoms with Crippen LogP contribution in [-0.2, 0) is 11.2 Å². The molecule has 120 valence electrons. The van der Waals surface area contributed by atoms with E-state index >= 15 is 0 Å². The van der Waals surface area contributed by atoms with E-state index < -0.39 is 5.97 Å². The van der Waals surface area contributed by atoms with Crippen LogP contribution in [0, 0.1) is 19.8 Å². The second kappa shape index (κ2) is 7.29. The number of carboxylic acids is 1. The molecule has 0 bridgehead atoms. The largest absolute Gasteiger partial charge is 0.481 e. The first-order valence-electron chi connectivity index (χ1n) is 7.79. The number of rotatable bonds is 4. The van der Waals surface area contributed by atoms with Gasteiger partial charge in [0.1, 0.15) is 0 Å². The minimum atomic E-state index is -0.755. The fraction of sp³-hybridized carbons (Fsp3) is 0.529. The predicted molar refractivity (Wildman–Crippen MR) is 85.0 cm³/mol. The second-order valence-corrected chi connectivity index (χ2v) is 5.95. The highest BCUT2D eigenvalue weighted by Crippen LogP contribution is 2.17. The smallest absolute Gasteiger partial charge is 0.317 e. The van der Waals surface area contributed by atoms with Crippen molar-refractivity contribution in [3.05, 3.63) is 34.9 Å². The number of nitrogens with one attached hydrogen (secondary N) is 1. The zero-order chi connectivity index (χ0) is 16.1. The maximum Gasteiger partial charge on any atom is 0.317 e. The molecule has 1 aromatic rings. The summed E-state index contributed by atoms with van der Waals surface area (Å²) in [5, 5.41) is 11.9. The van der Waals surface area contributed by atoms with Gasteiger partial charge in [-0.2, -0.15) is 0 Å². The molecule has 1 aliphatic heterocycles. The molecule has 1 fully saturated rings. The Morgan fingerprint density at radius 1 is 1.23 bits per heavy atom. The Morgan fingerprint density at radius 2 is 1.82 bits per heavy atom. The van der Waals surface area contributed by atoms with Crippen molar-refractivity contribution in [2.75, 3.05) is 19.6 Å². The van der Waals surface area contributed by atoms with E-state index in [0.717, 1.165) is 6.42 Å². The van der Waals surface area contributed by atoms with Gasteiger partial charge in [-0.25, -0.2) is 4.79 Å². The number of aryl methyl sites for hydroxylation is 2. The van der Waals surface area contributed by atoms with Crippen molar-refractivity contribution in [1.82, 2.24) is 10.2 Å². The number of hydrogen-bond donors (Lipinski definition) is 2. The van der Waals surface area contributed by atoms with E-state index in [1.54, 1.807) is 4.90 Å². The molecule has 1 saturated heterocycles. The first-order chi connectivity index (χ1) is 10.5. The highest BCUT2D eigenvalue weighted by atomic mass is 16.4. The fourth-order valence-electron chi connectivity index (χ4n) is 2.98. The number of amides is 2. The molecule has 0 aliphatic carbocycles. The number of nitrogens with zero attached hydrogens (tertiary/aromatic N) is 1. The van der Waals surface area contributed by atoms with Crippen LogP contribution >= 0.6 is 0 Å². The lowest BCUT2D eigenvalue weighted by Gasteiger charge is -2.30. The highest BCUT2D eigenvalue weighted by Gasteiger charge is 2.26. The van der Waals surface area contributed by atoms with Crippen LogP contribution in [0.5, 0.6) is 0 Å². The van der Waals surface area contributed by atoms with Gasteiger partial charge >= 0.3 is 12.0 Å². The van der Waals surface area contributed by atoms with Crippen LogP contribution < -0.4 is 5.32 Å². The maximum atomic E-state index is 12.1. The molecule has 1 aromatic carbocycles. The minimum Gasteiger partial charge on any atom is -0.481 e. The van der Waals surface area contributed by atoms with Crippen molar-refractivity contribution in [2.45, 2.75) is 33.1 Å². The normalized spacial score (nSPS) is 15.6. The van der Waals surface area contributed by atoms with Crippen molar-refractivity contribution < 1.29 is 14.7 Å². The Labute approximate surface area is 131 Å². The van der Waals surface area contributed by atoms with E-state index in [9.17, 15) is 9.59 Å². The van der Waals surface area contributed by atoms with Crippen LogP contribution in [0.25, 0.3) is 0 Å². The number of carboxylic acid groups (broad SMARTS) is 1. The predicted octanol–water partition coefficient (Wildman–Crippen LogP) is 2.35. The van der Waals surface area contributed by atoms with Crippen LogP contribution in [0.4, 0.5) is 4.79 Å². The maximum absolute atomic E-state index is 12.1. The van der Waals surface area contributed by atoms with Gasteiger partial charge in [-0.1, -0.05) is 18.2 Å². The van der Waals surface area contributed by atoms with E-state index in [1.807, 2.05) is 6.07 Å². The monoisotopic (exact) mass is 304 g/mol. The average molecular weight is 304 g/mol. The summed E-state index contributed by atoms with van der Waals surface area (Å²) in [6.45, 7) is 5.81. The third-order valence-electron chi connectivity index (χ3n) is 4.43. The Hall–Kier alpha value is -2.04. The molecule has 1 aliphatic rings. The third-order valence-corrected chi connectivity index (χ3v) is 4.43. The van der Waals surface area contributed by atoms with Crippen molar-refractivity contribution in [3.63, 3.8) is 0 Å². The number of hydrogen-bond acceptors (Lipinski definition) is 2. The molecule has 22 heavy (non-hydrogen) atoms. The number of carbonyl (C=O) groups excluding carboxylic acids is 1. The highest BCUT2D eigenvalue weighted by molar-refractivity contribution is 5.75. The zero-order valence-corrected chi connectivity index (χ0v) is 13.3. The fourth-order valence-corrected chi connectivity index (χ4v) is 2.98. The Kier molecular flexibility index (Phi) is 5.41. The van der Waals surface area contributed by atoms with Gasteiger partial charge in [-0.05, 0) is 49.8 Å². The van der Waals surface area contributed by atoms with Gasteiger partial charge in [0.05, 0.1) is 5.92 Å². The molecule has 5 heteroatoms. The number of piperidine rings is 1. The van der Waals surface area contributed by atoms with E-state index in [0.29, 0.717) is 32.5 Å². The van der Waals surface area contributed by atoms with Gasteiger partial charge in [-0.3, -0.25) is 4.79 Å². The molecular formula is C17H24N2O3. The van der Waals surface area contributed by atoms with Gasteiger partial charge in [0, 0.05) is 19.6 Å². The summed E-state index contributed by atoms with van der Waals surface area (Å²) in [6, 6.07) is 6.12. The lowest BCUT2D eigenvalue weighted by Crippen LogP contribution is -2.45. The first-order valence-corrected chi connectivity index (χ1v) is 7.79. The van der Waals surface area contributed by atoms with Crippen LogP contribution in [-0.4, -0.2) is 41.6 Å². The molecule has 0 saturated carbocycles. The molecule has 0 atom stereocenters. The number of benzene rings is 1. The molecular weight excluding hydrogens is 280 g/mol. The van der Waals surface area contributed by atoms with Crippen LogP contribution in [0.3, 0.4) is 0 Å². The van der Waals surface area contributed by atoms with Gasteiger partial charge in [-0.15, -0.1) is 0 Å². The molecule has 5 nitrogen and oxygen atoms in total. The lowest BCUT2D eigenvalue weighted by molar-refractivity contribution is -0.143. The topological polar surface area (TPSA) is 69.6 Å². The number of aliphatic carboxylic acids is 1. The molecule has 2 amide bonds. The first kappa shape index (κ1) is 16.3. The third kappa shape index (κ3) is 4.00. The van der Waals surface area contributed by atoms with Gasteiger partial charge < -0.3 is 15.3 Å². The summed E-state index contributed by atoms with van der Waals surface area (Å²) in [4.78, 5) is 24.7. The Morgan fingerprint density at radius 3 is 2.36 bits per heavy atom. The molecule has 2 rings (SSSR count). The lowest BCUT2D eigenvalue weighted by atomic mass is 9.97. The van der Waals surface area contributed by atoms with Gasteiger partial charge in [0.2, 0.25) is 0 Å². The van der Waals surface area contributed by atoms with Crippen LogP contribution in [0.1, 0.15) is 29.5 Å². The van der Waals surface area contributed by atoms with E-state index in [1.165, 1.54) is 16.7 Å². The summed E-state index contributed by atoms with van der Waals surface area (Å²) >= 11 is 0. The molecule has 2 N–H and O–H groups in total. The summed E-state index contributed by atoms with van der Waals surface area (Å²) < 4.78 is 0. The number of urea groups is 1. The SMILES string of the molecule is Cc1cccc(C)c1CCNC(=O)N1CCC(C(=O)O)CC1. The standard InChI is InChI=1S/C17H24N2O3/c1-12-4-3-5-13(2)15(12)6-9-18-17(22)19-10-7-14(8-11-19)16(20)21/h3-5,14H,6-11H2,1-2H3,(H,18,22)(H,20,21). The van der Waals surface area contributed by atoms with Crippen molar-refractivity contribution in [3.8, 4) is 0 Å². The van der Waals surface area contributed by atoms with E-state index in [-0.39, 0.29) is 11.9 Å². The molecule has 0 radical (unpaired) electrons. The average Bonchev–Trinajstić information content (AvgIpc) is 2.50. The van der Waals surface area contributed by atoms with E-state index in [2.05, 4.69) is 31.3 Å². The quantitative estimate of drug-likeness (QED) is 0.897. The molecule has 0 spiro atoms.